The number of ether oxygens (including phenoxy) is 3. The maximum Gasteiger partial charge on any atom is 0.351 e. The second-order valence-electron chi connectivity index (χ2n) is 8.06. The molecule has 0 aliphatic rings. The van der Waals surface area contributed by atoms with E-state index in [4.69, 9.17) is 24.6 Å². The maximum atomic E-state index is 13.6. The number of aromatic nitrogens is 2. The molecule has 3 rings (SSSR count). The van der Waals surface area contributed by atoms with Gasteiger partial charge in [-0.2, -0.15) is 0 Å². The number of hydrogen-bond acceptors (Lipinski definition) is 10. The van der Waals surface area contributed by atoms with E-state index in [1.54, 1.807) is 6.07 Å². The molecule has 0 amide bonds. The summed E-state index contributed by atoms with van der Waals surface area (Å²) in [5, 5.41) is 16.9. The van der Waals surface area contributed by atoms with Crippen LogP contribution in [-0.4, -0.2) is 58.2 Å². The predicted octanol–water partition coefficient (Wildman–Crippen LogP) is 3.77. The summed E-state index contributed by atoms with van der Waals surface area (Å²) >= 11 is 0. The van der Waals surface area contributed by atoms with Crippen molar-refractivity contribution in [2.75, 3.05) is 20.3 Å². The quantitative estimate of drug-likeness (QED) is 0.205. The molecule has 1 heterocycles. The minimum Gasteiger partial charge on any atom is -0.463 e. The van der Waals surface area contributed by atoms with Gasteiger partial charge in [0, 0.05) is 18.5 Å². The Morgan fingerprint density at radius 2 is 1.44 bits per heavy atom. The van der Waals surface area contributed by atoms with E-state index < -0.39 is 17.7 Å². The Labute approximate surface area is 209 Å². The Balaban J connectivity index is 1.99. The largest absolute Gasteiger partial charge is 0.463 e. The molecule has 2 N–H and O–H groups in total. The molecular formula is C26H31N3O7. The minimum atomic E-state index is -1.38. The van der Waals surface area contributed by atoms with Crippen molar-refractivity contribution in [3.05, 3.63) is 89.2 Å². The number of rotatable bonds is 13. The van der Waals surface area contributed by atoms with E-state index >= 15 is 0 Å². The summed E-state index contributed by atoms with van der Waals surface area (Å²) in [4.78, 5) is 26.9. The van der Waals surface area contributed by atoms with E-state index in [0.29, 0.717) is 35.4 Å². The number of methoxy groups -OCH3 is 1. The van der Waals surface area contributed by atoms with Gasteiger partial charge in [-0.05, 0) is 43.9 Å². The summed E-state index contributed by atoms with van der Waals surface area (Å²) in [6.07, 6.45) is -0.456. The summed E-state index contributed by atoms with van der Waals surface area (Å²) in [6.45, 7) is 3.72. The fourth-order valence-corrected chi connectivity index (χ4v) is 3.93. The molecule has 2 aromatic carbocycles. The molecule has 0 saturated carbocycles. The average Bonchev–Trinajstić information content (AvgIpc) is 2.86. The van der Waals surface area contributed by atoms with Crippen molar-refractivity contribution in [2.24, 2.45) is 0 Å². The molecule has 1 aromatic heterocycles. The lowest BCUT2D eigenvalue weighted by atomic mass is 9.81. The molecule has 0 unspecified atom stereocenters. The second kappa shape index (κ2) is 13.1. The highest BCUT2D eigenvalue weighted by atomic mass is 17.1. The SMILES string of the molecule is COC(c1ccccc1)(c1ccccc1)[C@H](Oc1nc(C)cc(C)n1)C(=O)OCCCCON(O)O. The van der Waals surface area contributed by atoms with Crippen molar-refractivity contribution in [2.45, 2.75) is 38.4 Å². The first-order valence-corrected chi connectivity index (χ1v) is 11.5. The molecule has 36 heavy (non-hydrogen) atoms. The van der Waals surface area contributed by atoms with Crippen molar-refractivity contribution in [3.8, 4) is 6.01 Å². The zero-order valence-corrected chi connectivity index (χ0v) is 20.5. The number of esters is 1. The van der Waals surface area contributed by atoms with Gasteiger partial charge in [-0.25, -0.2) is 14.8 Å². The number of nitrogens with zero attached hydrogens (tertiary/aromatic N) is 3. The lowest BCUT2D eigenvalue weighted by Gasteiger charge is -2.38. The predicted molar refractivity (Wildman–Crippen MR) is 128 cm³/mol. The summed E-state index contributed by atoms with van der Waals surface area (Å²) in [5.41, 5.74) is 1.37. The Morgan fingerprint density at radius 3 is 1.94 bits per heavy atom. The topological polar surface area (TPSA) is 123 Å². The Kier molecular flexibility index (Phi) is 9.86. The smallest absolute Gasteiger partial charge is 0.351 e. The average molecular weight is 498 g/mol. The third kappa shape index (κ3) is 6.84. The van der Waals surface area contributed by atoms with Crippen molar-refractivity contribution in [3.63, 3.8) is 0 Å². The van der Waals surface area contributed by atoms with E-state index in [9.17, 15) is 4.79 Å². The summed E-state index contributed by atoms with van der Waals surface area (Å²) in [5.74, 6) is -0.667. The molecule has 3 aromatic rings. The summed E-state index contributed by atoms with van der Waals surface area (Å²) < 4.78 is 17.9. The fraction of sp³-hybridized carbons (Fsp3) is 0.346. The van der Waals surface area contributed by atoms with Gasteiger partial charge in [0.25, 0.3) is 0 Å². The van der Waals surface area contributed by atoms with Crippen molar-refractivity contribution in [1.29, 1.82) is 0 Å². The summed E-state index contributed by atoms with van der Waals surface area (Å²) in [6, 6.07) is 20.4. The number of carbonyl (C=O) groups excluding carboxylic acids is 1. The number of benzene rings is 2. The number of hydrogen-bond donors (Lipinski definition) is 2. The van der Waals surface area contributed by atoms with Crippen LogP contribution >= 0.6 is 0 Å². The van der Waals surface area contributed by atoms with Crippen LogP contribution < -0.4 is 4.74 Å². The Hall–Kier alpha value is -3.41. The maximum absolute atomic E-state index is 13.6. The molecule has 0 fully saturated rings. The lowest BCUT2D eigenvalue weighted by molar-refractivity contribution is -0.492. The van der Waals surface area contributed by atoms with Gasteiger partial charge < -0.3 is 14.2 Å². The van der Waals surface area contributed by atoms with E-state index in [2.05, 4.69) is 14.8 Å². The van der Waals surface area contributed by atoms with Gasteiger partial charge in [0.2, 0.25) is 6.10 Å². The van der Waals surface area contributed by atoms with Crippen LogP contribution in [-0.2, 0) is 24.7 Å². The Morgan fingerprint density at radius 1 is 0.917 bits per heavy atom. The number of unbranched alkanes of at least 4 members (excludes halogenated alkanes) is 1. The first-order valence-electron chi connectivity index (χ1n) is 11.5. The van der Waals surface area contributed by atoms with Crippen LogP contribution in [0.3, 0.4) is 0 Å². The van der Waals surface area contributed by atoms with Crippen LogP contribution in [0.1, 0.15) is 35.4 Å². The zero-order chi connectivity index (χ0) is 26.0. The van der Waals surface area contributed by atoms with Gasteiger partial charge in [0.05, 0.1) is 18.6 Å². The van der Waals surface area contributed by atoms with Crippen LogP contribution in [0.25, 0.3) is 0 Å². The highest BCUT2D eigenvalue weighted by molar-refractivity contribution is 5.78. The van der Waals surface area contributed by atoms with E-state index in [-0.39, 0.29) is 24.6 Å². The third-order valence-corrected chi connectivity index (χ3v) is 5.49. The molecule has 1 atom stereocenters. The van der Waals surface area contributed by atoms with Crippen LogP contribution in [0.4, 0.5) is 0 Å². The molecule has 10 nitrogen and oxygen atoms in total. The second-order valence-corrected chi connectivity index (χ2v) is 8.06. The fourth-order valence-electron chi connectivity index (χ4n) is 3.93. The van der Waals surface area contributed by atoms with Crippen molar-refractivity contribution in [1.82, 2.24) is 15.4 Å². The standard InChI is InChI=1S/C26H31N3O7/c1-19-18-20(2)28-25(27-19)36-23(24(30)34-16-10-11-17-35-29(31)32)26(33-3,21-12-6-4-7-13-21)22-14-8-5-9-15-22/h4-9,12-15,18,23,31-32H,10-11,16-17H2,1-3H3/t23-/m1/s1. The lowest BCUT2D eigenvalue weighted by Crippen LogP contribution is -2.51. The molecule has 0 aliphatic heterocycles. The first-order chi connectivity index (χ1) is 17.4. The highest BCUT2D eigenvalue weighted by Gasteiger charge is 2.50. The molecule has 0 saturated heterocycles. The normalized spacial score (nSPS) is 12.4. The third-order valence-electron chi connectivity index (χ3n) is 5.49. The molecule has 10 heteroatoms. The molecule has 0 spiro atoms. The van der Waals surface area contributed by atoms with Crippen LogP contribution in [0.15, 0.2) is 66.7 Å². The van der Waals surface area contributed by atoms with E-state index in [1.165, 1.54) is 7.11 Å². The molecule has 0 bridgehead atoms. The number of aryl methyl sites for hydroxylation is 2. The monoisotopic (exact) mass is 497 g/mol. The van der Waals surface area contributed by atoms with Gasteiger partial charge in [-0.3, -0.25) is 15.3 Å². The molecule has 0 aliphatic carbocycles. The first kappa shape index (κ1) is 27.2. The van der Waals surface area contributed by atoms with Gasteiger partial charge >= 0.3 is 12.0 Å². The van der Waals surface area contributed by atoms with Crippen LogP contribution in [0, 0.1) is 13.8 Å². The highest BCUT2D eigenvalue weighted by Crippen LogP contribution is 2.39. The van der Waals surface area contributed by atoms with Crippen LogP contribution in [0.2, 0.25) is 0 Å². The Bertz CT molecular complexity index is 1040. The van der Waals surface area contributed by atoms with E-state index in [0.717, 1.165) is 0 Å². The molecule has 192 valence electrons. The zero-order valence-electron chi connectivity index (χ0n) is 20.5. The summed E-state index contributed by atoms with van der Waals surface area (Å²) in [7, 11) is 1.51. The number of carbonyl (C=O) groups is 1. The van der Waals surface area contributed by atoms with Crippen molar-refractivity contribution < 1.29 is 34.3 Å². The molecule has 0 radical (unpaired) electrons. The van der Waals surface area contributed by atoms with Gasteiger partial charge in [-0.1, -0.05) is 60.7 Å². The molecular weight excluding hydrogens is 466 g/mol. The van der Waals surface area contributed by atoms with Gasteiger partial charge in [0.1, 0.15) is 0 Å². The van der Waals surface area contributed by atoms with Gasteiger partial charge in [-0.15, -0.1) is 0 Å². The van der Waals surface area contributed by atoms with Crippen molar-refractivity contribution >= 4 is 5.97 Å². The minimum absolute atomic E-state index is 0.0297. The van der Waals surface area contributed by atoms with Crippen LogP contribution in [0.5, 0.6) is 6.01 Å². The van der Waals surface area contributed by atoms with Gasteiger partial charge in [0.15, 0.2) is 5.60 Å². The van der Waals surface area contributed by atoms with E-state index in [1.807, 2.05) is 74.5 Å².